The number of carbonyl (C=O) groups excluding carboxylic acids is 3. The lowest BCUT2D eigenvalue weighted by molar-refractivity contribution is -0.148. The number of Topliss-reactive ketones (excluding diaryl/α,β-unsaturated/α-hetero) is 1. The molecule has 0 radical (unpaired) electrons. The van der Waals surface area contributed by atoms with Crippen LogP contribution in [0.25, 0.3) is 11.4 Å². The van der Waals surface area contributed by atoms with Crippen molar-refractivity contribution in [1.82, 2.24) is 20.2 Å². The summed E-state index contributed by atoms with van der Waals surface area (Å²) in [6.45, 7) is 0.697. The molecule has 1 aromatic heterocycles. The number of hydrogen-bond donors (Lipinski definition) is 1. The van der Waals surface area contributed by atoms with Crippen molar-refractivity contribution >= 4 is 34.9 Å². The number of hydrogen-bond acceptors (Lipinski definition) is 7. The maximum Gasteiger partial charge on any atom is 0.330 e. The van der Waals surface area contributed by atoms with Crippen molar-refractivity contribution < 1.29 is 19.1 Å². The van der Waals surface area contributed by atoms with E-state index in [-0.39, 0.29) is 12.3 Å². The predicted molar refractivity (Wildman–Crippen MR) is 104 cm³/mol. The van der Waals surface area contributed by atoms with Crippen LogP contribution in [0.1, 0.15) is 17.3 Å². The van der Waals surface area contributed by atoms with E-state index in [4.69, 9.17) is 16.3 Å². The molecule has 0 aliphatic heterocycles. The lowest BCUT2D eigenvalue weighted by Gasteiger charge is -2.06. The van der Waals surface area contributed by atoms with Crippen LogP contribution in [0.15, 0.2) is 48.5 Å². The van der Waals surface area contributed by atoms with Crippen LogP contribution in [0.2, 0.25) is 5.02 Å². The van der Waals surface area contributed by atoms with Gasteiger partial charge in [-0.05, 0) is 60.7 Å². The molecule has 0 unspecified atom stereocenters. The van der Waals surface area contributed by atoms with Crippen molar-refractivity contribution in [2.75, 3.05) is 11.9 Å². The van der Waals surface area contributed by atoms with Gasteiger partial charge in [-0.25, -0.2) is 4.79 Å². The average Bonchev–Trinajstić information content (AvgIpc) is 3.16. The number of ether oxygens (including phenoxy) is 1. The Kier molecular flexibility index (Phi) is 6.30. The highest BCUT2D eigenvalue weighted by atomic mass is 35.5. The fourth-order valence-corrected chi connectivity index (χ4v) is 2.44. The van der Waals surface area contributed by atoms with Crippen LogP contribution in [0.3, 0.4) is 0 Å². The molecule has 0 aliphatic rings. The Morgan fingerprint density at radius 3 is 2.41 bits per heavy atom. The van der Waals surface area contributed by atoms with E-state index < -0.39 is 18.5 Å². The molecule has 3 rings (SSSR count). The van der Waals surface area contributed by atoms with Crippen molar-refractivity contribution in [2.45, 2.75) is 13.5 Å². The van der Waals surface area contributed by atoms with E-state index in [1.54, 1.807) is 48.5 Å². The number of carbonyl (C=O) groups is 3. The number of tetrazole rings is 1. The largest absolute Gasteiger partial charge is 0.454 e. The van der Waals surface area contributed by atoms with Crippen LogP contribution in [0.4, 0.5) is 5.69 Å². The summed E-state index contributed by atoms with van der Waals surface area (Å²) in [5.41, 5.74) is 1.72. The number of aromatic nitrogens is 4. The van der Waals surface area contributed by atoms with E-state index in [0.29, 0.717) is 27.7 Å². The Bertz CT molecular complexity index is 1030. The van der Waals surface area contributed by atoms with Crippen molar-refractivity contribution in [2.24, 2.45) is 0 Å². The summed E-state index contributed by atoms with van der Waals surface area (Å²) in [5, 5.41) is 14.9. The van der Waals surface area contributed by atoms with E-state index in [1.807, 2.05) is 0 Å². The van der Waals surface area contributed by atoms with E-state index in [2.05, 4.69) is 20.7 Å². The molecule has 9 nitrogen and oxygen atoms in total. The van der Waals surface area contributed by atoms with Crippen molar-refractivity contribution in [3.63, 3.8) is 0 Å². The second-order valence-corrected chi connectivity index (χ2v) is 6.43. The minimum absolute atomic E-state index is 0.0715. The predicted octanol–water partition coefficient (Wildman–Crippen LogP) is 2.38. The molecule has 10 heteroatoms. The minimum atomic E-state index is -0.688. The van der Waals surface area contributed by atoms with Crippen LogP contribution in [-0.4, -0.2) is 44.5 Å². The van der Waals surface area contributed by atoms with E-state index >= 15 is 0 Å². The first-order valence-electron chi connectivity index (χ1n) is 8.51. The Labute approximate surface area is 170 Å². The molecular weight excluding hydrogens is 398 g/mol. The topological polar surface area (TPSA) is 116 Å². The number of rotatable bonds is 7. The van der Waals surface area contributed by atoms with Gasteiger partial charge in [0.05, 0.1) is 0 Å². The van der Waals surface area contributed by atoms with Gasteiger partial charge in [0.25, 0.3) is 5.91 Å². The summed E-state index contributed by atoms with van der Waals surface area (Å²) < 4.78 is 4.92. The summed E-state index contributed by atoms with van der Waals surface area (Å²) in [4.78, 5) is 36.1. The van der Waals surface area contributed by atoms with Crippen LogP contribution < -0.4 is 5.32 Å². The molecule has 1 amide bonds. The van der Waals surface area contributed by atoms with Gasteiger partial charge in [0.15, 0.2) is 18.9 Å². The molecule has 0 atom stereocenters. The molecule has 0 fully saturated rings. The molecule has 29 heavy (non-hydrogen) atoms. The van der Waals surface area contributed by atoms with Crippen molar-refractivity contribution in [1.29, 1.82) is 0 Å². The summed E-state index contributed by atoms with van der Waals surface area (Å²) in [6, 6.07) is 13.2. The summed E-state index contributed by atoms with van der Waals surface area (Å²) in [6.07, 6.45) is 0. The molecule has 0 saturated heterocycles. The number of ketones is 1. The number of benzene rings is 2. The third kappa shape index (κ3) is 5.69. The Morgan fingerprint density at radius 2 is 1.76 bits per heavy atom. The molecule has 1 N–H and O–H groups in total. The molecule has 1 heterocycles. The minimum Gasteiger partial charge on any atom is -0.454 e. The van der Waals surface area contributed by atoms with Gasteiger partial charge in [-0.15, -0.1) is 10.2 Å². The molecule has 3 aromatic rings. The van der Waals surface area contributed by atoms with Gasteiger partial charge in [-0.2, -0.15) is 4.80 Å². The van der Waals surface area contributed by atoms with Crippen LogP contribution >= 0.6 is 11.6 Å². The third-order valence-electron chi connectivity index (χ3n) is 3.77. The Hall–Kier alpha value is -3.59. The van der Waals surface area contributed by atoms with Crippen molar-refractivity contribution in [3.05, 3.63) is 59.1 Å². The number of nitrogens with one attached hydrogen (secondary N) is 1. The third-order valence-corrected chi connectivity index (χ3v) is 4.02. The fourth-order valence-electron chi connectivity index (χ4n) is 2.32. The number of esters is 1. The van der Waals surface area contributed by atoms with Gasteiger partial charge < -0.3 is 10.1 Å². The number of anilines is 1. The first-order valence-corrected chi connectivity index (χ1v) is 8.89. The Morgan fingerprint density at radius 1 is 1.07 bits per heavy atom. The van der Waals surface area contributed by atoms with Crippen LogP contribution in [0.5, 0.6) is 0 Å². The average molecular weight is 414 g/mol. The maximum atomic E-state index is 11.9. The highest BCUT2D eigenvalue weighted by Crippen LogP contribution is 2.17. The first kappa shape index (κ1) is 20.2. The smallest absolute Gasteiger partial charge is 0.330 e. The van der Waals surface area contributed by atoms with Gasteiger partial charge in [0.2, 0.25) is 5.82 Å². The standard InChI is InChI=1S/C19H16ClN5O4/c1-12(26)13-4-8-16(9-5-13)21-17(27)11-29-18(28)10-25-23-19(22-24-25)14-2-6-15(20)7-3-14/h2-9H,10-11H2,1H3,(H,21,27). The highest BCUT2D eigenvalue weighted by molar-refractivity contribution is 6.30. The zero-order valence-corrected chi connectivity index (χ0v) is 16.1. The summed E-state index contributed by atoms with van der Waals surface area (Å²) in [5.74, 6) is -0.937. The normalized spacial score (nSPS) is 10.4. The SMILES string of the molecule is CC(=O)c1ccc(NC(=O)COC(=O)Cn2nnc(-c3ccc(Cl)cc3)n2)cc1. The highest BCUT2D eigenvalue weighted by Gasteiger charge is 2.12. The van der Waals surface area contributed by atoms with Gasteiger partial charge >= 0.3 is 5.97 Å². The molecular formula is C19H16ClN5O4. The fraction of sp³-hybridized carbons (Fsp3) is 0.158. The van der Waals surface area contributed by atoms with Crippen LogP contribution in [0, 0.1) is 0 Å². The molecule has 0 saturated carbocycles. The number of nitrogens with zero attached hydrogens (tertiary/aromatic N) is 4. The first-order chi connectivity index (χ1) is 13.9. The lowest BCUT2D eigenvalue weighted by Crippen LogP contribution is -2.23. The molecule has 148 valence electrons. The van der Waals surface area contributed by atoms with Gasteiger partial charge in [0, 0.05) is 21.8 Å². The Balaban J connectivity index is 1.47. The molecule has 2 aromatic carbocycles. The van der Waals surface area contributed by atoms with E-state index in [0.717, 1.165) is 4.80 Å². The summed E-state index contributed by atoms with van der Waals surface area (Å²) in [7, 11) is 0. The van der Waals surface area contributed by atoms with E-state index in [1.165, 1.54) is 6.92 Å². The molecule has 0 spiro atoms. The van der Waals surface area contributed by atoms with Gasteiger partial charge in [-0.3, -0.25) is 9.59 Å². The van der Waals surface area contributed by atoms with Crippen LogP contribution in [-0.2, 0) is 20.9 Å². The lowest BCUT2D eigenvalue weighted by atomic mass is 10.1. The molecule has 0 bridgehead atoms. The van der Waals surface area contributed by atoms with Crippen molar-refractivity contribution in [3.8, 4) is 11.4 Å². The zero-order chi connectivity index (χ0) is 20.8. The number of amides is 1. The number of halogens is 1. The zero-order valence-electron chi connectivity index (χ0n) is 15.3. The quantitative estimate of drug-likeness (QED) is 0.467. The van der Waals surface area contributed by atoms with Gasteiger partial charge in [0.1, 0.15) is 0 Å². The monoisotopic (exact) mass is 413 g/mol. The summed E-state index contributed by atoms with van der Waals surface area (Å²) >= 11 is 5.83. The molecule has 0 aliphatic carbocycles. The van der Waals surface area contributed by atoms with Gasteiger partial charge in [-0.1, -0.05) is 11.6 Å². The van der Waals surface area contributed by atoms with E-state index in [9.17, 15) is 14.4 Å². The second-order valence-electron chi connectivity index (χ2n) is 5.99. The maximum absolute atomic E-state index is 11.9. The second kappa shape index (κ2) is 9.07.